The molecule has 0 spiro atoms. The highest BCUT2D eigenvalue weighted by atomic mass is 16.6. The van der Waals surface area contributed by atoms with Gasteiger partial charge in [-0.3, -0.25) is 4.79 Å². The van der Waals surface area contributed by atoms with Crippen molar-refractivity contribution in [1.29, 1.82) is 0 Å². The number of carbonyl (C=O) groups is 2. The molecule has 0 aliphatic carbocycles. The number of hydrogen-bond acceptors (Lipinski definition) is 4. The van der Waals surface area contributed by atoms with Crippen LogP contribution in [0, 0.1) is 6.92 Å². The van der Waals surface area contributed by atoms with Crippen LogP contribution in [-0.4, -0.2) is 53.6 Å². The van der Waals surface area contributed by atoms with Crippen LogP contribution in [0.3, 0.4) is 0 Å². The summed E-state index contributed by atoms with van der Waals surface area (Å²) in [5.41, 5.74) is 0.305. The molecule has 1 saturated heterocycles. The van der Waals surface area contributed by atoms with Gasteiger partial charge in [-0.2, -0.15) is 0 Å². The molecule has 2 heterocycles. The number of nitrogens with zero attached hydrogens (tertiary/aromatic N) is 2. The average molecular weight is 308 g/mol. The third-order valence-corrected chi connectivity index (χ3v) is 3.74. The Bertz CT molecular complexity index is 559. The smallest absolute Gasteiger partial charge is 0.410 e. The van der Waals surface area contributed by atoms with Gasteiger partial charge in [-0.25, -0.2) is 4.79 Å². The van der Waals surface area contributed by atoms with Crippen molar-refractivity contribution in [3.8, 4) is 0 Å². The lowest BCUT2D eigenvalue weighted by molar-refractivity contribution is 0.0226. The predicted octanol–water partition coefficient (Wildman–Crippen LogP) is 2.67. The maximum atomic E-state index is 12.4. The van der Waals surface area contributed by atoms with Gasteiger partial charge in [0.2, 0.25) is 0 Å². The Morgan fingerprint density at radius 1 is 1.41 bits per heavy atom. The van der Waals surface area contributed by atoms with E-state index in [0.717, 1.165) is 12.0 Å². The molecule has 2 amide bonds. The molecule has 1 atom stereocenters. The second-order valence-corrected chi connectivity index (χ2v) is 6.72. The summed E-state index contributed by atoms with van der Waals surface area (Å²) in [5.74, 6) is 0.253. The SMILES string of the molecule is Cc1ccoc1C(=O)N1CC[C@@H](N(C)C(=O)OC(C)(C)C)C1. The number of likely N-dealkylation sites (tertiary alicyclic amines) is 1. The fourth-order valence-corrected chi connectivity index (χ4v) is 2.46. The van der Waals surface area contributed by atoms with Gasteiger partial charge in [0.15, 0.2) is 5.76 Å². The molecule has 1 fully saturated rings. The first-order chi connectivity index (χ1) is 10.2. The maximum Gasteiger partial charge on any atom is 0.410 e. The first-order valence-corrected chi connectivity index (χ1v) is 7.48. The quantitative estimate of drug-likeness (QED) is 0.842. The minimum atomic E-state index is -0.523. The van der Waals surface area contributed by atoms with Crippen LogP contribution in [-0.2, 0) is 4.74 Å². The molecule has 0 saturated carbocycles. The standard InChI is InChI=1S/C16H24N2O4/c1-11-7-9-21-13(11)14(19)18-8-6-12(10-18)17(5)15(20)22-16(2,3)4/h7,9,12H,6,8,10H2,1-5H3/t12-/m1/s1. The summed E-state index contributed by atoms with van der Waals surface area (Å²) >= 11 is 0. The second kappa shape index (κ2) is 6.02. The molecule has 2 rings (SSSR count). The Labute approximate surface area is 131 Å². The molecule has 122 valence electrons. The van der Waals surface area contributed by atoms with E-state index in [-0.39, 0.29) is 18.0 Å². The van der Waals surface area contributed by atoms with Crippen molar-refractivity contribution in [3.63, 3.8) is 0 Å². The van der Waals surface area contributed by atoms with Gasteiger partial charge in [-0.15, -0.1) is 0 Å². The fourth-order valence-electron chi connectivity index (χ4n) is 2.46. The molecule has 1 aromatic rings. The van der Waals surface area contributed by atoms with E-state index in [4.69, 9.17) is 9.15 Å². The van der Waals surface area contributed by atoms with E-state index in [2.05, 4.69) is 0 Å². The number of likely N-dealkylation sites (N-methyl/N-ethyl adjacent to an activating group) is 1. The highest BCUT2D eigenvalue weighted by Crippen LogP contribution is 2.21. The highest BCUT2D eigenvalue weighted by molar-refractivity contribution is 5.93. The molecule has 0 aromatic carbocycles. The molecular weight excluding hydrogens is 284 g/mol. The highest BCUT2D eigenvalue weighted by Gasteiger charge is 2.34. The lowest BCUT2D eigenvalue weighted by Crippen LogP contribution is -2.42. The second-order valence-electron chi connectivity index (χ2n) is 6.72. The van der Waals surface area contributed by atoms with Crippen LogP contribution in [0.1, 0.15) is 43.3 Å². The largest absolute Gasteiger partial charge is 0.459 e. The zero-order chi connectivity index (χ0) is 16.5. The Balaban J connectivity index is 1.96. The van der Waals surface area contributed by atoms with Crippen LogP contribution >= 0.6 is 0 Å². The molecule has 0 bridgehead atoms. The van der Waals surface area contributed by atoms with Gasteiger partial charge < -0.3 is 19.0 Å². The van der Waals surface area contributed by atoms with Crippen molar-refractivity contribution < 1.29 is 18.7 Å². The van der Waals surface area contributed by atoms with Crippen LogP contribution in [0.5, 0.6) is 0 Å². The summed E-state index contributed by atoms with van der Waals surface area (Å²) in [6.07, 6.45) is 1.89. The fraction of sp³-hybridized carbons (Fsp3) is 0.625. The Hall–Kier alpha value is -1.98. The van der Waals surface area contributed by atoms with Crippen LogP contribution in [0.25, 0.3) is 0 Å². The summed E-state index contributed by atoms with van der Waals surface area (Å²) in [4.78, 5) is 27.8. The zero-order valence-corrected chi connectivity index (χ0v) is 13.9. The minimum Gasteiger partial charge on any atom is -0.459 e. The van der Waals surface area contributed by atoms with E-state index in [9.17, 15) is 9.59 Å². The minimum absolute atomic E-state index is 0.0333. The van der Waals surface area contributed by atoms with Gasteiger partial charge in [0.1, 0.15) is 5.60 Å². The number of amides is 2. The molecular formula is C16H24N2O4. The molecule has 6 nitrogen and oxygen atoms in total. The summed E-state index contributed by atoms with van der Waals surface area (Å²) in [6, 6.07) is 1.74. The average Bonchev–Trinajstić information content (AvgIpc) is 3.03. The van der Waals surface area contributed by atoms with Gasteiger partial charge in [0.05, 0.1) is 12.3 Å². The number of ether oxygens (including phenoxy) is 1. The summed E-state index contributed by atoms with van der Waals surface area (Å²) in [5, 5.41) is 0. The number of hydrogen-bond donors (Lipinski definition) is 0. The maximum absolute atomic E-state index is 12.4. The number of furan rings is 1. The van der Waals surface area contributed by atoms with Crippen molar-refractivity contribution in [2.24, 2.45) is 0 Å². The van der Waals surface area contributed by atoms with Gasteiger partial charge in [-0.05, 0) is 40.2 Å². The molecule has 0 N–H and O–H groups in total. The topological polar surface area (TPSA) is 63.0 Å². The molecule has 1 aliphatic rings. The van der Waals surface area contributed by atoms with E-state index in [0.29, 0.717) is 18.8 Å². The van der Waals surface area contributed by atoms with Gasteiger partial charge >= 0.3 is 6.09 Å². The van der Waals surface area contributed by atoms with Crippen molar-refractivity contribution >= 4 is 12.0 Å². The molecule has 0 radical (unpaired) electrons. The van der Waals surface area contributed by atoms with Crippen molar-refractivity contribution in [2.75, 3.05) is 20.1 Å². The first-order valence-electron chi connectivity index (χ1n) is 7.48. The van der Waals surface area contributed by atoms with Crippen molar-refractivity contribution in [3.05, 3.63) is 23.7 Å². The van der Waals surface area contributed by atoms with E-state index in [1.807, 2.05) is 27.7 Å². The van der Waals surface area contributed by atoms with E-state index >= 15 is 0 Å². The summed E-state index contributed by atoms with van der Waals surface area (Å²) in [6.45, 7) is 8.46. The molecule has 1 aliphatic heterocycles. The van der Waals surface area contributed by atoms with E-state index < -0.39 is 5.60 Å². The van der Waals surface area contributed by atoms with Crippen molar-refractivity contribution in [2.45, 2.75) is 45.8 Å². The molecule has 22 heavy (non-hydrogen) atoms. The molecule has 0 unspecified atom stereocenters. The summed E-state index contributed by atoms with van der Waals surface area (Å²) < 4.78 is 10.6. The number of aryl methyl sites for hydroxylation is 1. The third-order valence-electron chi connectivity index (χ3n) is 3.74. The molecule has 6 heteroatoms. The monoisotopic (exact) mass is 308 g/mol. The third kappa shape index (κ3) is 3.61. The van der Waals surface area contributed by atoms with Gasteiger partial charge in [0.25, 0.3) is 5.91 Å². The lowest BCUT2D eigenvalue weighted by Gasteiger charge is -2.28. The van der Waals surface area contributed by atoms with Crippen LogP contribution in [0.15, 0.2) is 16.7 Å². The Morgan fingerprint density at radius 2 is 2.09 bits per heavy atom. The van der Waals surface area contributed by atoms with E-state index in [1.165, 1.54) is 6.26 Å². The normalized spacial score (nSPS) is 18.4. The Kier molecular flexibility index (Phi) is 4.49. The first kappa shape index (κ1) is 16.4. The number of carbonyl (C=O) groups excluding carboxylic acids is 2. The Morgan fingerprint density at radius 3 is 2.64 bits per heavy atom. The van der Waals surface area contributed by atoms with Crippen LogP contribution < -0.4 is 0 Å². The zero-order valence-electron chi connectivity index (χ0n) is 13.9. The molecule has 1 aromatic heterocycles. The van der Waals surface area contributed by atoms with Gasteiger partial charge in [-0.1, -0.05) is 0 Å². The van der Waals surface area contributed by atoms with E-state index in [1.54, 1.807) is 22.9 Å². The summed E-state index contributed by atoms with van der Waals surface area (Å²) in [7, 11) is 1.71. The lowest BCUT2D eigenvalue weighted by atomic mass is 10.2. The van der Waals surface area contributed by atoms with Crippen LogP contribution in [0.4, 0.5) is 4.79 Å². The number of rotatable bonds is 2. The van der Waals surface area contributed by atoms with Crippen molar-refractivity contribution in [1.82, 2.24) is 9.80 Å². The predicted molar refractivity (Wildman–Crippen MR) is 81.8 cm³/mol. The van der Waals surface area contributed by atoms with Crippen LogP contribution in [0.2, 0.25) is 0 Å². The van der Waals surface area contributed by atoms with Gasteiger partial charge in [0, 0.05) is 25.7 Å².